The third kappa shape index (κ3) is 2.01. The lowest BCUT2D eigenvalue weighted by Gasteiger charge is -2.18. The molecule has 0 aromatic heterocycles. The van der Waals surface area contributed by atoms with Crippen molar-refractivity contribution in [3.8, 4) is 0 Å². The Balaban J connectivity index is 0.00000110. The Morgan fingerprint density at radius 3 is 2.53 bits per heavy atom. The van der Waals surface area contributed by atoms with E-state index in [0.717, 1.165) is 43.3 Å². The van der Waals surface area contributed by atoms with Crippen molar-refractivity contribution in [3.63, 3.8) is 0 Å². The van der Waals surface area contributed by atoms with E-state index in [0.29, 0.717) is 17.7 Å². The summed E-state index contributed by atoms with van der Waals surface area (Å²) in [5, 5.41) is 3.24. The third-order valence-corrected chi connectivity index (χ3v) is 6.11. The molecule has 2 bridgehead atoms. The van der Waals surface area contributed by atoms with Gasteiger partial charge in [-0.05, 0) is 68.9 Å². The molecule has 1 heterocycles. The number of carbonyl (C=O) groups is 1. The first-order valence-corrected chi connectivity index (χ1v) is 7.73. The van der Waals surface area contributed by atoms with Crippen LogP contribution in [0.25, 0.3) is 0 Å². The van der Waals surface area contributed by atoms with E-state index < -0.39 is 0 Å². The minimum atomic E-state index is 0. The van der Waals surface area contributed by atoms with E-state index in [4.69, 9.17) is 0 Å². The van der Waals surface area contributed by atoms with E-state index in [1.54, 1.807) is 0 Å². The molecule has 5 unspecified atom stereocenters. The zero-order valence-corrected chi connectivity index (χ0v) is 12.5. The first-order valence-electron chi connectivity index (χ1n) is 7.73. The molecule has 19 heavy (non-hydrogen) atoms. The normalized spacial score (nSPS) is 46.1. The average molecular weight is 285 g/mol. The van der Waals surface area contributed by atoms with Crippen LogP contribution < -0.4 is 5.32 Å². The van der Waals surface area contributed by atoms with Gasteiger partial charge in [-0.1, -0.05) is 0 Å². The van der Waals surface area contributed by atoms with Crippen molar-refractivity contribution in [2.75, 3.05) is 26.7 Å². The quantitative estimate of drug-likeness (QED) is 0.857. The zero-order valence-electron chi connectivity index (χ0n) is 11.7. The molecular weight excluding hydrogens is 260 g/mol. The maximum atomic E-state index is 12.6. The van der Waals surface area contributed by atoms with Crippen molar-refractivity contribution in [3.05, 3.63) is 0 Å². The molecule has 108 valence electrons. The third-order valence-electron chi connectivity index (χ3n) is 6.11. The summed E-state index contributed by atoms with van der Waals surface area (Å²) in [5.41, 5.74) is 0. The van der Waals surface area contributed by atoms with Crippen LogP contribution in [0.2, 0.25) is 0 Å². The lowest BCUT2D eigenvalue weighted by molar-refractivity contribution is -0.132. The van der Waals surface area contributed by atoms with Crippen LogP contribution in [0.4, 0.5) is 0 Å². The smallest absolute Gasteiger partial charge is 0.226 e. The van der Waals surface area contributed by atoms with Crippen molar-refractivity contribution in [2.45, 2.75) is 25.7 Å². The second kappa shape index (κ2) is 4.92. The number of amides is 1. The monoisotopic (exact) mass is 284 g/mol. The summed E-state index contributed by atoms with van der Waals surface area (Å²) in [6, 6.07) is 0. The Morgan fingerprint density at radius 1 is 1.21 bits per heavy atom. The molecule has 3 saturated carbocycles. The van der Waals surface area contributed by atoms with E-state index >= 15 is 0 Å². The average Bonchev–Trinajstić information content (AvgIpc) is 2.76. The van der Waals surface area contributed by atoms with E-state index in [1.165, 1.54) is 25.7 Å². The maximum Gasteiger partial charge on any atom is 0.226 e. The number of hydrogen-bond acceptors (Lipinski definition) is 2. The summed E-state index contributed by atoms with van der Waals surface area (Å²) < 4.78 is 0. The standard InChI is InChI=1S/C15H24N2O.ClH/c1-16-7-9-4-5-17(8-9)15(18)14-12-10-2-3-11(6-10)13(12)14;/h9-14,16H,2-8H2,1H3;1H. The van der Waals surface area contributed by atoms with Crippen LogP contribution in [0, 0.1) is 35.5 Å². The summed E-state index contributed by atoms with van der Waals surface area (Å²) in [5.74, 6) is 5.10. The van der Waals surface area contributed by atoms with Crippen LogP contribution in [0.3, 0.4) is 0 Å². The van der Waals surface area contributed by atoms with Crippen molar-refractivity contribution < 1.29 is 4.79 Å². The van der Waals surface area contributed by atoms with Gasteiger partial charge in [-0.3, -0.25) is 4.79 Å². The summed E-state index contributed by atoms with van der Waals surface area (Å²) in [7, 11) is 2.01. The van der Waals surface area contributed by atoms with Gasteiger partial charge in [0.1, 0.15) is 0 Å². The molecule has 0 radical (unpaired) electrons. The van der Waals surface area contributed by atoms with E-state index in [-0.39, 0.29) is 12.4 Å². The number of likely N-dealkylation sites (tertiary alicyclic amines) is 1. The highest BCUT2D eigenvalue weighted by molar-refractivity contribution is 5.85. The summed E-state index contributed by atoms with van der Waals surface area (Å²) in [4.78, 5) is 14.8. The molecular formula is C15H25ClN2O. The molecule has 4 rings (SSSR count). The number of nitrogens with one attached hydrogen (secondary N) is 1. The highest BCUT2D eigenvalue weighted by Crippen LogP contribution is 2.69. The number of fused-ring (bicyclic) bond motifs is 5. The molecule has 4 fully saturated rings. The highest BCUT2D eigenvalue weighted by Gasteiger charge is 2.68. The van der Waals surface area contributed by atoms with Gasteiger partial charge in [0, 0.05) is 19.0 Å². The first-order chi connectivity index (χ1) is 8.79. The van der Waals surface area contributed by atoms with Crippen molar-refractivity contribution >= 4 is 18.3 Å². The van der Waals surface area contributed by atoms with Gasteiger partial charge in [0.25, 0.3) is 0 Å². The van der Waals surface area contributed by atoms with Gasteiger partial charge in [0.15, 0.2) is 0 Å². The minimum Gasteiger partial charge on any atom is -0.342 e. The van der Waals surface area contributed by atoms with E-state index in [2.05, 4.69) is 10.2 Å². The number of hydrogen-bond donors (Lipinski definition) is 1. The van der Waals surface area contributed by atoms with Crippen LogP contribution in [-0.4, -0.2) is 37.5 Å². The minimum absolute atomic E-state index is 0. The van der Waals surface area contributed by atoms with Gasteiger partial charge in [0.2, 0.25) is 5.91 Å². The molecule has 1 N–H and O–H groups in total. The van der Waals surface area contributed by atoms with Crippen LogP contribution in [0.1, 0.15) is 25.7 Å². The SMILES string of the molecule is CNCC1CCN(C(=O)C2C3C4CCC(C4)C23)C1.Cl. The van der Waals surface area contributed by atoms with E-state index in [9.17, 15) is 4.79 Å². The zero-order chi connectivity index (χ0) is 12.3. The molecule has 1 aliphatic heterocycles. The van der Waals surface area contributed by atoms with Gasteiger partial charge >= 0.3 is 0 Å². The van der Waals surface area contributed by atoms with Crippen LogP contribution >= 0.6 is 12.4 Å². The highest BCUT2D eigenvalue weighted by atomic mass is 35.5. The molecule has 0 spiro atoms. The Bertz CT molecular complexity index is 359. The van der Waals surface area contributed by atoms with Crippen molar-refractivity contribution in [2.24, 2.45) is 35.5 Å². The molecule has 0 aromatic carbocycles. The molecule has 4 heteroatoms. The van der Waals surface area contributed by atoms with Gasteiger partial charge < -0.3 is 10.2 Å². The fourth-order valence-electron chi connectivity index (χ4n) is 5.35. The largest absolute Gasteiger partial charge is 0.342 e. The predicted octanol–water partition coefficient (Wildman–Crippen LogP) is 1.77. The summed E-state index contributed by atoms with van der Waals surface area (Å²) in [6.07, 6.45) is 5.47. The first kappa shape index (κ1) is 13.7. The Morgan fingerprint density at radius 2 is 1.89 bits per heavy atom. The number of halogens is 1. The summed E-state index contributed by atoms with van der Waals surface area (Å²) in [6.45, 7) is 3.08. The molecule has 1 amide bonds. The fourth-order valence-corrected chi connectivity index (χ4v) is 5.35. The van der Waals surface area contributed by atoms with Crippen molar-refractivity contribution in [1.82, 2.24) is 10.2 Å². The lowest BCUT2D eigenvalue weighted by atomic mass is 10.0. The Labute approximate surface area is 121 Å². The molecule has 0 aromatic rings. The van der Waals surface area contributed by atoms with Gasteiger partial charge in [-0.25, -0.2) is 0 Å². The predicted molar refractivity (Wildman–Crippen MR) is 77.2 cm³/mol. The number of rotatable bonds is 3. The van der Waals surface area contributed by atoms with Gasteiger partial charge in [-0.15, -0.1) is 12.4 Å². The second-order valence-electron chi connectivity index (χ2n) is 7.01. The molecule has 1 saturated heterocycles. The fraction of sp³-hybridized carbons (Fsp3) is 0.933. The summed E-state index contributed by atoms with van der Waals surface area (Å²) >= 11 is 0. The van der Waals surface area contributed by atoms with Gasteiger partial charge in [-0.2, -0.15) is 0 Å². The lowest BCUT2D eigenvalue weighted by Crippen LogP contribution is -2.33. The number of carbonyl (C=O) groups excluding carboxylic acids is 1. The molecule has 3 nitrogen and oxygen atoms in total. The topological polar surface area (TPSA) is 32.3 Å². The number of nitrogens with zero attached hydrogens (tertiary/aromatic N) is 1. The van der Waals surface area contributed by atoms with Crippen LogP contribution in [0.5, 0.6) is 0 Å². The van der Waals surface area contributed by atoms with Crippen LogP contribution in [0.15, 0.2) is 0 Å². The van der Waals surface area contributed by atoms with Crippen LogP contribution in [-0.2, 0) is 4.79 Å². The molecule has 3 aliphatic carbocycles. The van der Waals surface area contributed by atoms with Gasteiger partial charge in [0.05, 0.1) is 0 Å². The Hall–Kier alpha value is -0.280. The molecule has 5 atom stereocenters. The Kier molecular flexibility index (Phi) is 3.55. The van der Waals surface area contributed by atoms with Crippen molar-refractivity contribution in [1.29, 1.82) is 0 Å². The molecule has 4 aliphatic rings. The van der Waals surface area contributed by atoms with E-state index in [1.807, 2.05) is 7.05 Å². The maximum absolute atomic E-state index is 12.6. The second-order valence-corrected chi connectivity index (χ2v) is 7.01.